The molecule has 0 amide bonds. The molecule has 6 nitrogen and oxygen atoms in total. The van der Waals surface area contributed by atoms with Crippen LogP contribution < -0.4 is 41.1 Å². The lowest BCUT2D eigenvalue weighted by molar-refractivity contribution is -0.362. The van der Waals surface area contributed by atoms with Gasteiger partial charge in [0.15, 0.2) is 29.2 Å². The fourth-order valence-electron chi connectivity index (χ4n) is 3.92. The van der Waals surface area contributed by atoms with E-state index in [1.54, 1.807) is 21.3 Å². The Kier molecular flexibility index (Phi) is 4.15. The Morgan fingerprint density at radius 2 is 1.63 bits per heavy atom. The zero-order chi connectivity index (χ0) is 17.8. The highest BCUT2D eigenvalue weighted by Crippen LogP contribution is 2.48. The van der Waals surface area contributed by atoms with E-state index < -0.39 is 0 Å². The number of rotatable bonds is 3. The second kappa shape index (κ2) is 6.39. The zero-order valence-electron chi connectivity index (χ0n) is 15.1. The molecule has 27 heavy (non-hydrogen) atoms. The summed E-state index contributed by atoms with van der Waals surface area (Å²) in [5, 5.41) is 2.03. The second-order valence-corrected chi connectivity index (χ2v) is 6.29. The van der Waals surface area contributed by atoms with Crippen LogP contribution in [-0.4, -0.2) is 28.1 Å². The van der Waals surface area contributed by atoms with Crippen molar-refractivity contribution in [2.75, 3.05) is 28.1 Å². The number of pyridine rings is 1. The molecular formula is C20H18ClNO5. The van der Waals surface area contributed by atoms with E-state index >= 15 is 0 Å². The molecule has 1 aromatic heterocycles. The number of nitrogens with one attached hydrogen (secondary N) is 1. The predicted molar refractivity (Wildman–Crippen MR) is 94.5 cm³/mol. The first-order valence-electron chi connectivity index (χ1n) is 8.34. The fourth-order valence-corrected chi connectivity index (χ4v) is 3.92. The van der Waals surface area contributed by atoms with Crippen molar-refractivity contribution in [3.63, 3.8) is 0 Å². The van der Waals surface area contributed by atoms with Crippen LogP contribution in [0.5, 0.6) is 28.7 Å². The van der Waals surface area contributed by atoms with Crippen molar-refractivity contribution in [1.29, 1.82) is 0 Å². The van der Waals surface area contributed by atoms with Crippen LogP contribution in [0.15, 0.2) is 24.4 Å². The molecule has 0 fully saturated rings. The van der Waals surface area contributed by atoms with Gasteiger partial charge in [-0.05, 0) is 23.8 Å². The van der Waals surface area contributed by atoms with Crippen LogP contribution in [-0.2, 0) is 6.42 Å². The average Bonchev–Trinajstić information content (AvgIpc) is 3.27. The van der Waals surface area contributed by atoms with E-state index in [-0.39, 0.29) is 19.2 Å². The lowest BCUT2D eigenvalue weighted by Gasteiger charge is -2.14. The summed E-state index contributed by atoms with van der Waals surface area (Å²) in [6.07, 6.45) is 2.75. The highest BCUT2D eigenvalue weighted by molar-refractivity contribution is 5.98. The maximum Gasteiger partial charge on any atom is 0.231 e. The van der Waals surface area contributed by atoms with Gasteiger partial charge >= 0.3 is 0 Å². The maximum atomic E-state index is 5.63. The number of methoxy groups -OCH3 is 3. The summed E-state index contributed by atoms with van der Waals surface area (Å²) in [4.78, 5) is 3.43. The minimum atomic E-state index is 0. The molecule has 5 rings (SSSR count). The van der Waals surface area contributed by atoms with Crippen LogP contribution in [0.1, 0.15) is 11.1 Å². The highest BCUT2D eigenvalue weighted by Gasteiger charge is 2.32. The molecule has 2 aromatic carbocycles. The number of hydrogen-bond acceptors (Lipinski definition) is 5. The SMILES string of the molecule is COc1cc2c3c([nH+]cc2c(OC)c1OC)-c1cc2c(cc1C3)OCO2.[Cl-]. The number of aromatic amines is 1. The molecule has 7 heteroatoms. The third kappa shape index (κ3) is 2.36. The first-order chi connectivity index (χ1) is 12.7. The van der Waals surface area contributed by atoms with Crippen LogP contribution in [0.3, 0.4) is 0 Å². The van der Waals surface area contributed by atoms with Gasteiger partial charge in [0.25, 0.3) is 0 Å². The topological polar surface area (TPSA) is 60.3 Å². The predicted octanol–water partition coefficient (Wildman–Crippen LogP) is -0.0164. The first-order valence-corrected chi connectivity index (χ1v) is 8.34. The van der Waals surface area contributed by atoms with E-state index in [9.17, 15) is 0 Å². The van der Waals surface area contributed by atoms with Gasteiger partial charge in [-0.3, -0.25) is 0 Å². The van der Waals surface area contributed by atoms with Crippen LogP contribution in [0.25, 0.3) is 22.0 Å². The minimum Gasteiger partial charge on any atom is -1.00 e. The van der Waals surface area contributed by atoms with Gasteiger partial charge in [-0.1, -0.05) is 0 Å². The molecule has 1 aliphatic carbocycles. The molecule has 1 aliphatic heterocycles. The summed E-state index contributed by atoms with van der Waals surface area (Å²) in [6, 6.07) is 6.12. The molecule has 0 saturated carbocycles. The summed E-state index contributed by atoms with van der Waals surface area (Å²) >= 11 is 0. The van der Waals surface area contributed by atoms with E-state index in [0.717, 1.165) is 39.9 Å². The number of hydrogen-bond donors (Lipinski definition) is 0. The van der Waals surface area contributed by atoms with E-state index in [1.807, 2.05) is 18.3 Å². The third-order valence-corrected chi connectivity index (χ3v) is 5.09. The molecule has 3 aromatic rings. The summed E-state index contributed by atoms with van der Waals surface area (Å²) in [5.74, 6) is 3.49. The summed E-state index contributed by atoms with van der Waals surface area (Å²) in [6.45, 7) is 0.278. The molecule has 2 heterocycles. The van der Waals surface area contributed by atoms with Crippen molar-refractivity contribution in [3.05, 3.63) is 35.5 Å². The molecule has 0 unspecified atom stereocenters. The third-order valence-electron chi connectivity index (χ3n) is 5.09. The molecular weight excluding hydrogens is 370 g/mol. The molecule has 0 spiro atoms. The van der Waals surface area contributed by atoms with Crippen molar-refractivity contribution in [2.45, 2.75) is 6.42 Å². The molecule has 1 N–H and O–H groups in total. The Morgan fingerprint density at radius 1 is 0.889 bits per heavy atom. The standard InChI is InChI=1S/C20H17NO5.ClH/c1-22-17-7-12-13-4-10-5-15-16(26-9-25-15)6-11(10)18(13)21-8-14(12)19(23-2)20(17)24-3;/h5-8H,4,9H2,1-3H3;1H. The van der Waals surface area contributed by atoms with Crippen molar-refractivity contribution < 1.29 is 41.1 Å². The van der Waals surface area contributed by atoms with Crippen LogP contribution in [0.2, 0.25) is 0 Å². The molecule has 140 valence electrons. The van der Waals surface area contributed by atoms with Crippen molar-refractivity contribution >= 4 is 10.8 Å². The Hall–Kier alpha value is -2.86. The van der Waals surface area contributed by atoms with Gasteiger partial charge in [-0.15, -0.1) is 0 Å². The van der Waals surface area contributed by atoms with Crippen LogP contribution in [0.4, 0.5) is 0 Å². The quantitative estimate of drug-likeness (QED) is 0.494. The molecule has 0 saturated heterocycles. The van der Waals surface area contributed by atoms with Gasteiger partial charge in [-0.25, -0.2) is 4.98 Å². The van der Waals surface area contributed by atoms with Crippen molar-refractivity contribution in [2.24, 2.45) is 0 Å². The lowest BCUT2D eigenvalue weighted by atomic mass is 10.0. The highest BCUT2D eigenvalue weighted by atomic mass is 35.5. The van der Waals surface area contributed by atoms with Gasteiger partial charge in [0, 0.05) is 17.4 Å². The zero-order valence-corrected chi connectivity index (χ0v) is 15.9. The molecule has 0 atom stereocenters. The van der Waals surface area contributed by atoms with E-state index in [2.05, 4.69) is 11.1 Å². The first kappa shape index (κ1) is 17.5. The number of ether oxygens (including phenoxy) is 5. The van der Waals surface area contributed by atoms with E-state index in [0.29, 0.717) is 17.2 Å². The number of halogens is 1. The summed E-state index contributed by atoms with van der Waals surface area (Å²) < 4.78 is 27.7. The Balaban J connectivity index is 0.00000180. The Bertz CT molecular complexity index is 1070. The van der Waals surface area contributed by atoms with Gasteiger partial charge in [0.05, 0.1) is 32.3 Å². The Morgan fingerprint density at radius 3 is 2.33 bits per heavy atom. The minimum absolute atomic E-state index is 0. The maximum absolute atomic E-state index is 5.63. The number of aromatic nitrogens is 1. The number of benzene rings is 2. The smallest absolute Gasteiger partial charge is 0.231 e. The largest absolute Gasteiger partial charge is 1.00 e. The van der Waals surface area contributed by atoms with E-state index in [1.165, 1.54) is 11.1 Å². The van der Waals surface area contributed by atoms with Gasteiger partial charge < -0.3 is 36.1 Å². The van der Waals surface area contributed by atoms with Gasteiger partial charge in [0.2, 0.25) is 18.2 Å². The van der Waals surface area contributed by atoms with Crippen molar-refractivity contribution in [3.8, 4) is 40.0 Å². The fraction of sp³-hybridized carbons (Fsp3) is 0.250. The molecule has 0 bridgehead atoms. The molecule has 0 radical (unpaired) electrons. The lowest BCUT2D eigenvalue weighted by Crippen LogP contribution is -3.00. The van der Waals surface area contributed by atoms with Gasteiger partial charge in [0.1, 0.15) is 0 Å². The van der Waals surface area contributed by atoms with Crippen LogP contribution >= 0.6 is 0 Å². The van der Waals surface area contributed by atoms with E-state index in [4.69, 9.17) is 23.7 Å². The van der Waals surface area contributed by atoms with Crippen molar-refractivity contribution in [1.82, 2.24) is 0 Å². The molecule has 2 aliphatic rings. The number of H-pyrrole nitrogens is 1. The number of fused-ring (bicyclic) bond motifs is 6. The normalized spacial score (nSPS) is 13.0. The average molecular weight is 388 g/mol. The second-order valence-electron chi connectivity index (χ2n) is 6.29. The monoisotopic (exact) mass is 387 g/mol. The Labute approximate surface area is 162 Å². The summed E-state index contributed by atoms with van der Waals surface area (Å²) in [7, 11) is 4.88. The van der Waals surface area contributed by atoms with Crippen LogP contribution in [0, 0.1) is 0 Å². The van der Waals surface area contributed by atoms with Gasteiger partial charge in [-0.2, -0.15) is 0 Å². The summed E-state index contributed by atoms with van der Waals surface area (Å²) in [5.41, 5.74) is 4.63.